The van der Waals surface area contributed by atoms with Gasteiger partial charge in [-0.1, -0.05) is 11.6 Å². The van der Waals surface area contributed by atoms with Crippen LogP contribution in [-0.2, 0) is 4.74 Å². The fourth-order valence-electron chi connectivity index (χ4n) is 1.30. The number of nitrogens with one attached hydrogen (secondary N) is 2. The number of carbonyl (C=O) groups is 1. The molecule has 2 N–H and O–H groups in total. The molecule has 18 heavy (non-hydrogen) atoms. The third kappa shape index (κ3) is 5.35. The highest BCUT2D eigenvalue weighted by atomic mass is 79.9. The van der Waals surface area contributed by atoms with Gasteiger partial charge in [-0.05, 0) is 34.1 Å². The zero-order valence-corrected chi connectivity index (χ0v) is 12.5. The third-order valence-corrected chi connectivity index (χ3v) is 3.47. The minimum Gasteiger partial charge on any atom is -0.383 e. The standard InChI is InChI=1S/C12H16BrClN2O2/c1-18-7-6-15-4-5-16-12(17)9-2-3-11(14)10(13)8-9/h2-3,8,15H,4-7H2,1H3,(H,16,17). The third-order valence-electron chi connectivity index (χ3n) is 2.25. The molecule has 1 aromatic carbocycles. The Morgan fingerprint density at radius 1 is 1.39 bits per heavy atom. The molecule has 0 aliphatic rings. The molecule has 4 nitrogen and oxygen atoms in total. The Morgan fingerprint density at radius 2 is 2.17 bits per heavy atom. The van der Waals surface area contributed by atoms with Crippen LogP contribution < -0.4 is 10.6 Å². The van der Waals surface area contributed by atoms with Gasteiger partial charge in [0.1, 0.15) is 0 Å². The van der Waals surface area contributed by atoms with Gasteiger partial charge in [0, 0.05) is 36.8 Å². The highest BCUT2D eigenvalue weighted by Crippen LogP contribution is 2.22. The predicted octanol–water partition coefficient (Wildman–Crippen LogP) is 2.07. The first kappa shape index (κ1) is 15.4. The molecule has 0 heterocycles. The van der Waals surface area contributed by atoms with Crippen molar-refractivity contribution in [3.8, 4) is 0 Å². The largest absolute Gasteiger partial charge is 0.383 e. The summed E-state index contributed by atoms with van der Waals surface area (Å²) in [7, 11) is 1.65. The Bertz CT molecular complexity index is 402. The molecule has 0 fully saturated rings. The van der Waals surface area contributed by atoms with E-state index in [1.54, 1.807) is 25.3 Å². The number of benzene rings is 1. The van der Waals surface area contributed by atoms with Crippen molar-refractivity contribution in [3.63, 3.8) is 0 Å². The lowest BCUT2D eigenvalue weighted by molar-refractivity contribution is 0.0953. The molecule has 0 aliphatic carbocycles. The summed E-state index contributed by atoms with van der Waals surface area (Å²) in [4.78, 5) is 11.8. The second kappa shape index (κ2) is 8.48. The molecule has 0 aliphatic heterocycles. The van der Waals surface area contributed by atoms with Crippen LogP contribution in [0.2, 0.25) is 5.02 Å². The maximum atomic E-state index is 11.8. The zero-order valence-electron chi connectivity index (χ0n) is 10.1. The van der Waals surface area contributed by atoms with Crippen molar-refractivity contribution >= 4 is 33.4 Å². The molecule has 0 unspecified atom stereocenters. The van der Waals surface area contributed by atoms with Gasteiger partial charge >= 0.3 is 0 Å². The molecule has 0 spiro atoms. The number of halogens is 2. The Morgan fingerprint density at radius 3 is 2.83 bits per heavy atom. The molecule has 1 amide bonds. The van der Waals surface area contributed by atoms with E-state index in [-0.39, 0.29) is 5.91 Å². The van der Waals surface area contributed by atoms with Crippen molar-refractivity contribution in [2.75, 3.05) is 33.4 Å². The lowest BCUT2D eigenvalue weighted by atomic mass is 10.2. The molecule has 0 radical (unpaired) electrons. The van der Waals surface area contributed by atoms with Crippen molar-refractivity contribution in [1.29, 1.82) is 0 Å². The first-order valence-corrected chi connectivity index (χ1v) is 6.75. The van der Waals surface area contributed by atoms with Crippen molar-refractivity contribution in [1.82, 2.24) is 10.6 Å². The van der Waals surface area contributed by atoms with Crippen LogP contribution in [0, 0.1) is 0 Å². The number of hydrogen-bond acceptors (Lipinski definition) is 3. The number of methoxy groups -OCH3 is 1. The Balaban J connectivity index is 2.30. The zero-order chi connectivity index (χ0) is 13.4. The summed E-state index contributed by atoms with van der Waals surface area (Å²) in [6.45, 7) is 2.73. The monoisotopic (exact) mass is 334 g/mol. The van der Waals surface area contributed by atoms with E-state index in [0.717, 1.165) is 11.0 Å². The fourth-order valence-corrected chi connectivity index (χ4v) is 1.80. The number of ether oxygens (including phenoxy) is 1. The van der Waals surface area contributed by atoms with Gasteiger partial charge in [-0.3, -0.25) is 4.79 Å². The van der Waals surface area contributed by atoms with Crippen molar-refractivity contribution in [2.24, 2.45) is 0 Å². The average molecular weight is 336 g/mol. The molecule has 1 rings (SSSR count). The number of hydrogen-bond donors (Lipinski definition) is 2. The van der Waals surface area contributed by atoms with Crippen LogP contribution in [0.4, 0.5) is 0 Å². The van der Waals surface area contributed by atoms with Gasteiger partial charge in [0.25, 0.3) is 5.91 Å². The first-order valence-electron chi connectivity index (χ1n) is 5.58. The molecule has 0 saturated carbocycles. The normalized spacial score (nSPS) is 10.4. The average Bonchev–Trinajstić information content (AvgIpc) is 2.36. The van der Waals surface area contributed by atoms with Crippen LogP contribution in [0.3, 0.4) is 0 Å². The van der Waals surface area contributed by atoms with E-state index < -0.39 is 0 Å². The van der Waals surface area contributed by atoms with Crippen molar-refractivity contribution in [3.05, 3.63) is 33.3 Å². The van der Waals surface area contributed by atoms with Gasteiger partial charge in [-0.25, -0.2) is 0 Å². The van der Waals surface area contributed by atoms with Crippen LogP contribution in [-0.4, -0.2) is 39.3 Å². The van der Waals surface area contributed by atoms with E-state index in [9.17, 15) is 4.79 Å². The summed E-state index contributed by atoms with van der Waals surface area (Å²) in [5.41, 5.74) is 0.586. The summed E-state index contributed by atoms with van der Waals surface area (Å²) < 4.78 is 5.61. The van der Waals surface area contributed by atoms with Crippen LogP contribution in [0.15, 0.2) is 22.7 Å². The Kier molecular flexibility index (Phi) is 7.27. The summed E-state index contributed by atoms with van der Waals surface area (Å²) in [6, 6.07) is 5.09. The molecule has 0 bridgehead atoms. The van der Waals surface area contributed by atoms with Crippen LogP contribution in [0.1, 0.15) is 10.4 Å². The molecular weight excluding hydrogens is 320 g/mol. The summed E-state index contributed by atoms with van der Waals surface area (Å²) in [6.07, 6.45) is 0. The van der Waals surface area contributed by atoms with Gasteiger partial charge in [0.15, 0.2) is 0 Å². The van der Waals surface area contributed by atoms with Gasteiger partial charge in [0.2, 0.25) is 0 Å². The highest BCUT2D eigenvalue weighted by molar-refractivity contribution is 9.10. The summed E-state index contributed by atoms with van der Waals surface area (Å²) in [5.74, 6) is -0.110. The minimum atomic E-state index is -0.110. The van der Waals surface area contributed by atoms with Gasteiger partial charge in [0.05, 0.1) is 11.6 Å². The van der Waals surface area contributed by atoms with Gasteiger partial charge in [-0.2, -0.15) is 0 Å². The SMILES string of the molecule is COCCNCCNC(=O)c1ccc(Cl)c(Br)c1. The first-order chi connectivity index (χ1) is 8.65. The predicted molar refractivity (Wildman–Crippen MR) is 76.2 cm³/mol. The van der Waals surface area contributed by atoms with Crippen molar-refractivity contribution in [2.45, 2.75) is 0 Å². The highest BCUT2D eigenvalue weighted by Gasteiger charge is 2.06. The van der Waals surface area contributed by atoms with Crippen molar-refractivity contribution < 1.29 is 9.53 Å². The minimum absolute atomic E-state index is 0.110. The smallest absolute Gasteiger partial charge is 0.251 e. The number of carbonyl (C=O) groups excluding carboxylic acids is 1. The van der Waals surface area contributed by atoms with E-state index in [1.165, 1.54) is 0 Å². The van der Waals surface area contributed by atoms with E-state index in [2.05, 4.69) is 26.6 Å². The van der Waals surface area contributed by atoms with Gasteiger partial charge in [-0.15, -0.1) is 0 Å². The molecule has 1 aromatic rings. The molecule has 0 aromatic heterocycles. The fraction of sp³-hybridized carbons (Fsp3) is 0.417. The van der Waals surface area contributed by atoms with E-state index in [1.807, 2.05) is 0 Å². The van der Waals surface area contributed by atoms with E-state index in [4.69, 9.17) is 16.3 Å². The molecule has 0 saturated heterocycles. The van der Waals surface area contributed by atoms with Crippen LogP contribution >= 0.6 is 27.5 Å². The molecule has 100 valence electrons. The topological polar surface area (TPSA) is 50.4 Å². The Labute approximate surface area is 120 Å². The van der Waals surface area contributed by atoms with Crippen LogP contribution in [0.5, 0.6) is 0 Å². The van der Waals surface area contributed by atoms with E-state index in [0.29, 0.717) is 30.3 Å². The summed E-state index contributed by atoms with van der Waals surface area (Å²) >= 11 is 9.15. The number of amides is 1. The maximum Gasteiger partial charge on any atom is 0.251 e. The molecule has 0 atom stereocenters. The number of rotatable bonds is 7. The van der Waals surface area contributed by atoms with Crippen LogP contribution in [0.25, 0.3) is 0 Å². The lowest BCUT2D eigenvalue weighted by Crippen LogP contribution is -2.33. The lowest BCUT2D eigenvalue weighted by Gasteiger charge is -2.07. The second-order valence-electron chi connectivity index (χ2n) is 3.63. The maximum absolute atomic E-state index is 11.8. The van der Waals surface area contributed by atoms with E-state index >= 15 is 0 Å². The van der Waals surface area contributed by atoms with Gasteiger partial charge < -0.3 is 15.4 Å². The summed E-state index contributed by atoms with van der Waals surface area (Å²) in [5, 5.41) is 6.55. The second-order valence-corrected chi connectivity index (χ2v) is 4.89. The quantitative estimate of drug-likeness (QED) is 0.750. The Hall–Kier alpha value is -0.620. The molecule has 6 heteroatoms. The molecular formula is C12H16BrClN2O2.